The molecule has 1 aromatic carbocycles. The fourth-order valence-corrected chi connectivity index (χ4v) is 2.17. The van der Waals surface area contributed by atoms with Crippen molar-refractivity contribution in [1.29, 1.82) is 5.26 Å². The van der Waals surface area contributed by atoms with E-state index in [0.29, 0.717) is 13.0 Å². The minimum Gasteiger partial charge on any atom is -0.354 e. The Labute approximate surface area is 118 Å². The molecule has 5 nitrogen and oxygen atoms in total. The third-order valence-corrected chi connectivity index (χ3v) is 3.09. The van der Waals surface area contributed by atoms with Gasteiger partial charge in [-0.05, 0) is 36.2 Å². The lowest BCUT2D eigenvalue weighted by molar-refractivity contribution is -0.121. The van der Waals surface area contributed by atoms with Gasteiger partial charge in [-0.25, -0.2) is 0 Å². The molecule has 2 rings (SSSR count). The Hall–Kier alpha value is -2.32. The summed E-state index contributed by atoms with van der Waals surface area (Å²) in [6, 6.07) is 10.2. The summed E-state index contributed by atoms with van der Waals surface area (Å²) in [4.78, 5) is 11.7. The number of nitrogens with zero attached hydrogens (tertiary/aromatic N) is 2. The van der Waals surface area contributed by atoms with Crippen LogP contribution in [0.25, 0.3) is 10.9 Å². The van der Waals surface area contributed by atoms with Gasteiger partial charge in [0.2, 0.25) is 5.91 Å². The van der Waals surface area contributed by atoms with Gasteiger partial charge >= 0.3 is 0 Å². The second kappa shape index (κ2) is 6.73. The van der Waals surface area contributed by atoms with Crippen LogP contribution in [0.3, 0.4) is 0 Å². The van der Waals surface area contributed by atoms with Crippen LogP contribution in [0.4, 0.5) is 0 Å². The zero-order chi connectivity index (χ0) is 14.4. The van der Waals surface area contributed by atoms with E-state index in [2.05, 4.69) is 22.8 Å². The number of aromatic nitrogens is 1. The second-order valence-electron chi connectivity index (χ2n) is 4.63. The summed E-state index contributed by atoms with van der Waals surface area (Å²) in [6.45, 7) is 1.51. The molecule has 1 aromatic heterocycles. The van der Waals surface area contributed by atoms with Gasteiger partial charge in [-0.3, -0.25) is 4.79 Å². The first-order chi connectivity index (χ1) is 9.74. The molecular formula is C15H18N4O. The van der Waals surface area contributed by atoms with Gasteiger partial charge < -0.3 is 15.2 Å². The van der Waals surface area contributed by atoms with Crippen LogP contribution in [0, 0.1) is 11.3 Å². The highest BCUT2D eigenvalue weighted by Crippen LogP contribution is 2.17. The van der Waals surface area contributed by atoms with Gasteiger partial charge in [0.25, 0.3) is 0 Å². The van der Waals surface area contributed by atoms with Crippen LogP contribution in [0.1, 0.15) is 12.0 Å². The minimum atomic E-state index is -0.0722. The molecular weight excluding hydrogens is 252 g/mol. The third kappa shape index (κ3) is 3.37. The van der Waals surface area contributed by atoms with Crippen LogP contribution in [0.2, 0.25) is 0 Å². The average Bonchev–Trinajstić information content (AvgIpc) is 2.82. The van der Waals surface area contributed by atoms with Crippen molar-refractivity contribution in [2.75, 3.05) is 13.6 Å². The van der Waals surface area contributed by atoms with Gasteiger partial charge in [0, 0.05) is 24.8 Å². The van der Waals surface area contributed by atoms with E-state index in [4.69, 9.17) is 5.26 Å². The van der Waals surface area contributed by atoms with Crippen molar-refractivity contribution in [3.8, 4) is 6.07 Å². The second-order valence-corrected chi connectivity index (χ2v) is 4.63. The Kier molecular flexibility index (Phi) is 4.75. The van der Waals surface area contributed by atoms with E-state index in [1.165, 1.54) is 5.56 Å². The van der Waals surface area contributed by atoms with Crippen LogP contribution in [0.15, 0.2) is 30.5 Å². The number of nitriles is 1. The minimum absolute atomic E-state index is 0.0722. The highest BCUT2D eigenvalue weighted by Gasteiger charge is 2.06. The van der Waals surface area contributed by atoms with Crippen LogP contribution in [-0.4, -0.2) is 24.1 Å². The highest BCUT2D eigenvalue weighted by molar-refractivity contribution is 5.83. The van der Waals surface area contributed by atoms with E-state index in [0.717, 1.165) is 17.4 Å². The van der Waals surface area contributed by atoms with Gasteiger partial charge in [-0.1, -0.05) is 6.07 Å². The molecule has 0 radical (unpaired) electrons. The Balaban J connectivity index is 2.07. The Morgan fingerprint density at radius 3 is 3.00 bits per heavy atom. The molecule has 20 heavy (non-hydrogen) atoms. The molecule has 0 spiro atoms. The third-order valence-electron chi connectivity index (χ3n) is 3.09. The monoisotopic (exact) mass is 270 g/mol. The van der Waals surface area contributed by atoms with E-state index in [9.17, 15) is 4.79 Å². The van der Waals surface area contributed by atoms with Crippen molar-refractivity contribution in [1.82, 2.24) is 15.2 Å². The number of carbonyl (C=O) groups is 1. The van der Waals surface area contributed by atoms with Crippen LogP contribution in [0.5, 0.6) is 0 Å². The van der Waals surface area contributed by atoms with Crippen molar-refractivity contribution >= 4 is 16.8 Å². The number of rotatable bonds is 6. The van der Waals surface area contributed by atoms with Gasteiger partial charge in [-0.15, -0.1) is 0 Å². The van der Waals surface area contributed by atoms with Crippen LogP contribution >= 0.6 is 0 Å². The SMILES string of the molecule is CNCc1ccc2c(ccn2CC(=O)NCCC#N)c1. The van der Waals surface area contributed by atoms with Crippen molar-refractivity contribution in [3.05, 3.63) is 36.0 Å². The number of carbonyl (C=O) groups excluding carboxylic acids is 1. The van der Waals surface area contributed by atoms with Crippen molar-refractivity contribution in [3.63, 3.8) is 0 Å². The lowest BCUT2D eigenvalue weighted by Crippen LogP contribution is -2.27. The first kappa shape index (κ1) is 14.1. The van der Waals surface area contributed by atoms with Crippen molar-refractivity contribution < 1.29 is 4.79 Å². The van der Waals surface area contributed by atoms with Gasteiger partial charge in [-0.2, -0.15) is 5.26 Å². The summed E-state index contributed by atoms with van der Waals surface area (Å²) in [5.41, 5.74) is 2.26. The molecule has 0 unspecified atom stereocenters. The van der Waals surface area contributed by atoms with Crippen LogP contribution in [-0.2, 0) is 17.9 Å². The Morgan fingerprint density at radius 2 is 2.25 bits per heavy atom. The summed E-state index contributed by atoms with van der Waals surface area (Å²) in [6.07, 6.45) is 2.25. The van der Waals surface area contributed by atoms with E-state index in [1.54, 1.807) is 0 Å². The molecule has 1 heterocycles. The molecule has 0 atom stereocenters. The molecule has 2 N–H and O–H groups in total. The first-order valence-corrected chi connectivity index (χ1v) is 6.60. The summed E-state index contributed by atoms with van der Waals surface area (Å²) >= 11 is 0. The van der Waals surface area contributed by atoms with E-state index in [-0.39, 0.29) is 12.5 Å². The topological polar surface area (TPSA) is 69.8 Å². The lowest BCUT2D eigenvalue weighted by atomic mass is 10.1. The largest absolute Gasteiger partial charge is 0.354 e. The summed E-state index contributed by atoms with van der Waals surface area (Å²) in [7, 11) is 1.92. The lowest BCUT2D eigenvalue weighted by Gasteiger charge is -2.07. The smallest absolute Gasteiger partial charge is 0.239 e. The molecule has 0 fully saturated rings. The van der Waals surface area contributed by atoms with E-state index < -0.39 is 0 Å². The fourth-order valence-electron chi connectivity index (χ4n) is 2.17. The molecule has 0 saturated heterocycles. The number of hydrogen-bond donors (Lipinski definition) is 2. The molecule has 0 bridgehead atoms. The summed E-state index contributed by atoms with van der Waals surface area (Å²) in [5, 5.41) is 15.4. The number of hydrogen-bond acceptors (Lipinski definition) is 3. The number of fused-ring (bicyclic) bond motifs is 1. The van der Waals surface area contributed by atoms with Crippen LogP contribution < -0.4 is 10.6 Å². The van der Waals surface area contributed by atoms with Gasteiger partial charge in [0.1, 0.15) is 6.54 Å². The van der Waals surface area contributed by atoms with Gasteiger partial charge in [0.15, 0.2) is 0 Å². The molecule has 2 aromatic rings. The molecule has 5 heteroatoms. The number of amides is 1. The van der Waals surface area contributed by atoms with Crippen molar-refractivity contribution in [2.45, 2.75) is 19.5 Å². The standard InChI is InChI=1S/C15H18N4O/c1-17-10-12-3-4-14-13(9-12)5-8-19(14)11-15(20)18-7-2-6-16/h3-5,8-9,17H,2,7,10-11H2,1H3,(H,18,20). The van der Waals surface area contributed by atoms with Crippen molar-refractivity contribution in [2.24, 2.45) is 0 Å². The Morgan fingerprint density at radius 1 is 1.40 bits per heavy atom. The van der Waals surface area contributed by atoms with Gasteiger partial charge in [0.05, 0.1) is 12.5 Å². The highest BCUT2D eigenvalue weighted by atomic mass is 16.1. The zero-order valence-electron chi connectivity index (χ0n) is 11.5. The molecule has 0 aliphatic carbocycles. The average molecular weight is 270 g/mol. The fraction of sp³-hybridized carbons (Fsp3) is 0.333. The maximum absolute atomic E-state index is 11.7. The maximum Gasteiger partial charge on any atom is 0.239 e. The van der Waals surface area contributed by atoms with E-state index in [1.807, 2.05) is 36.0 Å². The van der Waals surface area contributed by atoms with E-state index >= 15 is 0 Å². The molecule has 104 valence electrons. The molecule has 0 aliphatic heterocycles. The summed E-state index contributed by atoms with van der Waals surface area (Å²) in [5.74, 6) is -0.0722. The zero-order valence-corrected chi connectivity index (χ0v) is 11.5. The Bertz CT molecular complexity index is 639. The molecule has 0 saturated carbocycles. The first-order valence-electron chi connectivity index (χ1n) is 6.60. The predicted molar refractivity (Wildman–Crippen MR) is 77.9 cm³/mol. The normalized spacial score (nSPS) is 10.4. The molecule has 1 amide bonds. The predicted octanol–water partition coefficient (Wildman–Crippen LogP) is 1.39. The summed E-state index contributed by atoms with van der Waals surface area (Å²) < 4.78 is 1.92. The maximum atomic E-state index is 11.7. The quantitative estimate of drug-likeness (QED) is 0.779. The number of nitrogens with one attached hydrogen (secondary N) is 2. The molecule has 0 aliphatic rings. The number of benzene rings is 1.